The van der Waals surface area contributed by atoms with Crippen molar-refractivity contribution in [1.82, 2.24) is 4.98 Å². The summed E-state index contributed by atoms with van der Waals surface area (Å²) in [6.07, 6.45) is -3.60. The number of hydrogen-bond donors (Lipinski definition) is 1. The highest BCUT2D eigenvalue weighted by Gasteiger charge is 2.60. The SMILES string of the molecule is O=[N+]([O-])C[C@](O)(c1ccc(F)cc1F)C(F)(F)c1ccc(-c2ccc(OCC(F)(F)F)cc2)cn1. The first kappa shape index (κ1) is 25.9. The number of nitrogens with zero attached hydrogens (tertiary/aromatic N) is 2. The third-order valence-corrected chi connectivity index (χ3v) is 4.93. The summed E-state index contributed by atoms with van der Waals surface area (Å²) < 4.78 is 99.4. The molecular weight excluding hydrogens is 489 g/mol. The van der Waals surface area contributed by atoms with Crippen LogP contribution in [0.1, 0.15) is 11.3 Å². The molecule has 0 fully saturated rings. The van der Waals surface area contributed by atoms with E-state index in [1.54, 1.807) is 0 Å². The molecule has 13 heteroatoms. The first-order valence-corrected chi connectivity index (χ1v) is 9.67. The number of rotatable bonds is 8. The van der Waals surface area contributed by atoms with E-state index in [0.717, 1.165) is 18.3 Å². The highest BCUT2D eigenvalue weighted by atomic mass is 19.4. The first-order chi connectivity index (χ1) is 16.2. The molecular formula is C22H15F7N2O4. The van der Waals surface area contributed by atoms with Gasteiger partial charge in [0.25, 0.3) is 0 Å². The van der Waals surface area contributed by atoms with Gasteiger partial charge in [-0.3, -0.25) is 15.1 Å². The molecule has 0 bridgehead atoms. The van der Waals surface area contributed by atoms with Crippen LogP contribution >= 0.6 is 0 Å². The van der Waals surface area contributed by atoms with Crippen molar-refractivity contribution in [3.05, 3.63) is 93.8 Å². The molecule has 0 amide bonds. The monoisotopic (exact) mass is 504 g/mol. The molecule has 0 aliphatic carbocycles. The van der Waals surface area contributed by atoms with E-state index in [9.17, 15) is 37.2 Å². The van der Waals surface area contributed by atoms with Gasteiger partial charge in [-0.05, 0) is 35.9 Å². The Labute approximate surface area is 192 Å². The van der Waals surface area contributed by atoms with E-state index in [0.29, 0.717) is 17.7 Å². The highest BCUT2D eigenvalue weighted by Crippen LogP contribution is 2.46. The smallest absolute Gasteiger partial charge is 0.422 e. The fourth-order valence-corrected chi connectivity index (χ4v) is 3.24. The van der Waals surface area contributed by atoms with Gasteiger partial charge >= 0.3 is 12.1 Å². The number of pyridine rings is 1. The van der Waals surface area contributed by atoms with E-state index >= 15 is 8.78 Å². The van der Waals surface area contributed by atoms with Gasteiger partial charge in [0.1, 0.15) is 23.1 Å². The average Bonchev–Trinajstić information content (AvgIpc) is 2.77. The number of alkyl halides is 5. The van der Waals surface area contributed by atoms with E-state index in [1.165, 1.54) is 24.3 Å². The van der Waals surface area contributed by atoms with Crippen LogP contribution in [0.3, 0.4) is 0 Å². The van der Waals surface area contributed by atoms with Crippen LogP contribution in [0.5, 0.6) is 5.75 Å². The zero-order chi connectivity index (χ0) is 26.0. The Morgan fingerprint density at radius 1 is 0.943 bits per heavy atom. The number of nitro groups is 1. The maximum Gasteiger partial charge on any atom is 0.422 e. The summed E-state index contributed by atoms with van der Waals surface area (Å²) in [7, 11) is 0. The lowest BCUT2D eigenvalue weighted by Crippen LogP contribution is -2.49. The number of benzene rings is 2. The standard InChI is InChI=1S/C22H15F7N2O4/c23-15-4-7-17(18(24)9-15)20(32,11-31(33)34)22(28,29)19-8-3-14(10-30-19)13-1-5-16(6-2-13)35-12-21(25,26)27/h1-10,32H,11-12H2/t20-/m0/s1. The van der Waals surface area contributed by atoms with Crippen LogP contribution in [0.25, 0.3) is 11.1 Å². The van der Waals surface area contributed by atoms with Crippen molar-refractivity contribution in [2.24, 2.45) is 0 Å². The van der Waals surface area contributed by atoms with Crippen LogP contribution in [0.15, 0.2) is 60.8 Å². The zero-order valence-corrected chi connectivity index (χ0v) is 17.4. The minimum atomic E-state index is -4.53. The molecule has 35 heavy (non-hydrogen) atoms. The summed E-state index contributed by atoms with van der Waals surface area (Å²) in [6, 6.07) is 8.25. The van der Waals surface area contributed by atoms with Gasteiger partial charge in [-0.1, -0.05) is 18.2 Å². The molecule has 0 saturated heterocycles. The fraction of sp³-hybridized carbons (Fsp3) is 0.227. The zero-order valence-electron chi connectivity index (χ0n) is 17.4. The molecule has 2 aromatic carbocycles. The number of aromatic nitrogens is 1. The summed E-state index contributed by atoms with van der Waals surface area (Å²) in [6.45, 7) is -3.31. The number of aliphatic hydroxyl groups is 1. The summed E-state index contributed by atoms with van der Waals surface area (Å²) in [5, 5.41) is 21.7. The largest absolute Gasteiger partial charge is 0.484 e. The lowest BCUT2D eigenvalue weighted by atomic mass is 9.84. The van der Waals surface area contributed by atoms with Gasteiger partial charge in [-0.15, -0.1) is 0 Å². The quantitative estimate of drug-likeness (QED) is 0.258. The van der Waals surface area contributed by atoms with Crippen molar-refractivity contribution in [3.8, 4) is 16.9 Å². The molecule has 6 nitrogen and oxygen atoms in total. The Hall–Kier alpha value is -3.74. The predicted molar refractivity (Wildman–Crippen MR) is 107 cm³/mol. The second-order valence-electron chi connectivity index (χ2n) is 7.41. The van der Waals surface area contributed by atoms with Gasteiger partial charge in [0.2, 0.25) is 12.1 Å². The maximum atomic E-state index is 15.3. The van der Waals surface area contributed by atoms with E-state index in [2.05, 4.69) is 9.72 Å². The molecule has 0 radical (unpaired) electrons. The average molecular weight is 504 g/mol. The molecule has 0 unspecified atom stereocenters. The molecule has 0 saturated carbocycles. The molecule has 1 aromatic heterocycles. The number of halogens is 7. The van der Waals surface area contributed by atoms with Crippen LogP contribution in [-0.4, -0.2) is 34.3 Å². The molecule has 0 aliphatic rings. The molecule has 0 spiro atoms. The third-order valence-electron chi connectivity index (χ3n) is 4.93. The Morgan fingerprint density at radius 3 is 2.09 bits per heavy atom. The number of hydrogen-bond acceptors (Lipinski definition) is 5. The lowest BCUT2D eigenvalue weighted by Gasteiger charge is -2.32. The molecule has 1 heterocycles. The predicted octanol–water partition coefficient (Wildman–Crippen LogP) is 5.22. The molecule has 0 aliphatic heterocycles. The minimum Gasteiger partial charge on any atom is -0.484 e. The second-order valence-corrected chi connectivity index (χ2v) is 7.41. The number of ether oxygens (including phenoxy) is 1. The van der Waals surface area contributed by atoms with E-state index in [-0.39, 0.29) is 17.4 Å². The van der Waals surface area contributed by atoms with Crippen molar-refractivity contribution in [2.45, 2.75) is 17.7 Å². The Kier molecular flexibility index (Phi) is 7.01. The van der Waals surface area contributed by atoms with Gasteiger partial charge in [0.15, 0.2) is 6.61 Å². The summed E-state index contributed by atoms with van der Waals surface area (Å²) in [4.78, 5) is 13.3. The van der Waals surface area contributed by atoms with Gasteiger partial charge in [0.05, 0.1) is 0 Å². The Morgan fingerprint density at radius 2 is 1.57 bits per heavy atom. The van der Waals surface area contributed by atoms with Crippen LogP contribution < -0.4 is 4.74 Å². The van der Waals surface area contributed by atoms with Gasteiger partial charge in [0, 0.05) is 28.3 Å². The van der Waals surface area contributed by atoms with Crippen molar-refractivity contribution in [3.63, 3.8) is 0 Å². The van der Waals surface area contributed by atoms with E-state index < -0.39 is 58.7 Å². The Balaban J connectivity index is 1.91. The van der Waals surface area contributed by atoms with Crippen LogP contribution in [-0.2, 0) is 11.5 Å². The van der Waals surface area contributed by atoms with Gasteiger partial charge < -0.3 is 9.84 Å². The molecule has 3 aromatic rings. The van der Waals surface area contributed by atoms with Crippen molar-refractivity contribution in [2.75, 3.05) is 13.2 Å². The first-order valence-electron chi connectivity index (χ1n) is 9.67. The van der Waals surface area contributed by atoms with Crippen LogP contribution in [0, 0.1) is 21.7 Å². The van der Waals surface area contributed by atoms with E-state index in [1.807, 2.05) is 0 Å². The van der Waals surface area contributed by atoms with Crippen molar-refractivity contribution < 1.29 is 45.5 Å². The second kappa shape index (κ2) is 9.49. The molecule has 186 valence electrons. The molecule has 1 N–H and O–H groups in total. The van der Waals surface area contributed by atoms with Crippen LogP contribution in [0.2, 0.25) is 0 Å². The van der Waals surface area contributed by atoms with Gasteiger partial charge in [-0.25, -0.2) is 8.78 Å². The lowest BCUT2D eigenvalue weighted by molar-refractivity contribution is -0.514. The molecule has 1 atom stereocenters. The summed E-state index contributed by atoms with van der Waals surface area (Å²) in [5.41, 5.74) is -5.45. The normalized spacial score (nSPS) is 13.8. The maximum absolute atomic E-state index is 15.3. The summed E-state index contributed by atoms with van der Waals surface area (Å²) in [5.74, 6) is -7.34. The highest BCUT2D eigenvalue weighted by molar-refractivity contribution is 5.63. The van der Waals surface area contributed by atoms with Crippen molar-refractivity contribution in [1.29, 1.82) is 0 Å². The van der Waals surface area contributed by atoms with Crippen LogP contribution in [0.4, 0.5) is 30.7 Å². The van der Waals surface area contributed by atoms with Crippen molar-refractivity contribution >= 4 is 0 Å². The topological polar surface area (TPSA) is 85.5 Å². The molecule has 3 rings (SSSR count). The Bertz CT molecular complexity index is 1200. The third kappa shape index (κ3) is 5.67. The fourth-order valence-electron chi connectivity index (χ4n) is 3.24. The summed E-state index contributed by atoms with van der Waals surface area (Å²) >= 11 is 0. The minimum absolute atomic E-state index is 0.0895. The van der Waals surface area contributed by atoms with E-state index in [4.69, 9.17) is 0 Å². The van der Waals surface area contributed by atoms with Gasteiger partial charge in [-0.2, -0.15) is 22.0 Å².